The molecule has 0 radical (unpaired) electrons. The number of imidazole rings is 1. The van der Waals surface area contributed by atoms with Gasteiger partial charge in [-0.2, -0.15) is 0 Å². The zero-order chi connectivity index (χ0) is 33.5. The summed E-state index contributed by atoms with van der Waals surface area (Å²) >= 11 is 0. The lowest BCUT2D eigenvalue weighted by Crippen LogP contribution is -2.45. The highest BCUT2D eigenvalue weighted by atomic mass is 16.6. The van der Waals surface area contributed by atoms with Crippen LogP contribution in [0.1, 0.15) is 79.1 Å². The van der Waals surface area contributed by atoms with E-state index in [0.717, 1.165) is 41.1 Å². The van der Waals surface area contributed by atoms with Gasteiger partial charge in [0.15, 0.2) is 11.4 Å². The van der Waals surface area contributed by atoms with Gasteiger partial charge in [0, 0.05) is 13.1 Å². The lowest BCUT2D eigenvalue weighted by Gasteiger charge is -2.27. The Labute approximate surface area is 273 Å². The summed E-state index contributed by atoms with van der Waals surface area (Å²) in [6.45, 7) is 12.1. The van der Waals surface area contributed by atoms with Gasteiger partial charge in [0.25, 0.3) is 0 Å². The molecule has 4 heterocycles. The van der Waals surface area contributed by atoms with Crippen LogP contribution >= 0.6 is 0 Å². The summed E-state index contributed by atoms with van der Waals surface area (Å²) < 4.78 is 16.6. The highest BCUT2D eigenvalue weighted by molar-refractivity contribution is 6.03. The van der Waals surface area contributed by atoms with Crippen molar-refractivity contribution in [2.45, 2.75) is 90.5 Å². The van der Waals surface area contributed by atoms with Crippen LogP contribution in [0.15, 0.2) is 53.2 Å². The normalized spacial score (nSPS) is 18.5. The van der Waals surface area contributed by atoms with E-state index in [1.54, 1.807) is 31.9 Å². The number of amides is 3. The van der Waals surface area contributed by atoms with Gasteiger partial charge in [-0.1, -0.05) is 35.5 Å². The van der Waals surface area contributed by atoms with E-state index in [2.05, 4.69) is 20.4 Å². The van der Waals surface area contributed by atoms with Gasteiger partial charge in [0.05, 0.1) is 23.3 Å². The van der Waals surface area contributed by atoms with E-state index in [9.17, 15) is 14.4 Å². The van der Waals surface area contributed by atoms with Crippen molar-refractivity contribution in [2.24, 2.45) is 0 Å². The molecule has 0 spiro atoms. The number of fused-ring (bicyclic) bond motifs is 1. The van der Waals surface area contributed by atoms with E-state index in [4.69, 9.17) is 14.0 Å². The Balaban J connectivity index is 1.15. The van der Waals surface area contributed by atoms with Gasteiger partial charge in [-0.3, -0.25) is 14.6 Å². The summed E-state index contributed by atoms with van der Waals surface area (Å²) in [5, 5.41) is 7.64. The molecular weight excluding hydrogens is 600 g/mol. The molecule has 2 saturated heterocycles. The molecular formula is C35H42N6O6. The second-order valence-corrected chi connectivity index (χ2v) is 14.2. The van der Waals surface area contributed by atoms with Crippen molar-refractivity contribution in [3.8, 4) is 22.4 Å². The van der Waals surface area contributed by atoms with E-state index in [1.807, 2.05) is 63.2 Å². The number of anilines is 1. The molecule has 2 aliphatic rings. The smallest absolute Gasteiger partial charge is 0.410 e. The quantitative estimate of drug-likeness (QED) is 0.231. The average Bonchev–Trinajstić information content (AvgIpc) is 3.81. The molecule has 12 heteroatoms. The molecule has 12 nitrogen and oxygen atoms in total. The van der Waals surface area contributed by atoms with Gasteiger partial charge < -0.3 is 24.3 Å². The highest BCUT2D eigenvalue weighted by Gasteiger charge is 2.37. The van der Waals surface area contributed by atoms with E-state index >= 15 is 0 Å². The summed E-state index contributed by atoms with van der Waals surface area (Å²) in [4.78, 5) is 50.0. The number of carbonyl (C=O) groups excluding carboxylic acids is 3. The highest BCUT2D eigenvalue weighted by Crippen LogP contribution is 2.34. The van der Waals surface area contributed by atoms with Gasteiger partial charge in [0.2, 0.25) is 5.91 Å². The number of nitrogens with one attached hydrogen (secondary N) is 2. The Bertz CT molecular complexity index is 1780. The first-order valence-corrected chi connectivity index (χ1v) is 16.1. The monoisotopic (exact) mass is 642 g/mol. The summed E-state index contributed by atoms with van der Waals surface area (Å²) in [7, 11) is 0. The molecule has 2 aromatic heterocycles. The number of rotatable bonds is 5. The zero-order valence-electron chi connectivity index (χ0n) is 27.8. The molecule has 3 amide bonds. The molecule has 4 aromatic rings. The number of likely N-dealkylation sites (tertiary alicyclic amines) is 2. The van der Waals surface area contributed by atoms with Crippen molar-refractivity contribution >= 4 is 34.9 Å². The molecule has 2 atom stereocenters. The predicted molar refractivity (Wildman–Crippen MR) is 177 cm³/mol. The van der Waals surface area contributed by atoms with Crippen LogP contribution in [0.4, 0.5) is 15.4 Å². The van der Waals surface area contributed by atoms with Crippen LogP contribution in [0.25, 0.3) is 33.4 Å². The lowest BCUT2D eigenvalue weighted by atomic mass is 10.0. The van der Waals surface area contributed by atoms with Crippen LogP contribution in [-0.4, -0.2) is 73.4 Å². The third kappa shape index (κ3) is 7.11. The molecule has 0 aliphatic carbocycles. The molecule has 2 N–H and O–H groups in total. The van der Waals surface area contributed by atoms with Crippen molar-refractivity contribution in [1.29, 1.82) is 0 Å². The van der Waals surface area contributed by atoms with Gasteiger partial charge in [-0.05, 0) is 96.0 Å². The lowest BCUT2D eigenvalue weighted by molar-refractivity contribution is -0.120. The van der Waals surface area contributed by atoms with Crippen molar-refractivity contribution < 1.29 is 28.4 Å². The summed E-state index contributed by atoms with van der Waals surface area (Å²) in [5.74, 6) is 0.715. The van der Waals surface area contributed by atoms with Crippen LogP contribution in [-0.2, 0) is 14.3 Å². The largest absolute Gasteiger partial charge is 0.444 e. The minimum atomic E-state index is -0.653. The number of carbonyl (C=O) groups is 3. The molecule has 248 valence electrons. The molecule has 2 aliphatic heterocycles. The first-order chi connectivity index (χ1) is 22.3. The maximum atomic E-state index is 13.3. The Morgan fingerprint density at radius 3 is 2.17 bits per heavy atom. The number of hydrogen-bond acceptors (Lipinski definition) is 8. The van der Waals surface area contributed by atoms with Crippen LogP contribution in [0.2, 0.25) is 0 Å². The topological polar surface area (TPSA) is 143 Å². The van der Waals surface area contributed by atoms with E-state index < -0.39 is 23.3 Å². The molecule has 47 heavy (non-hydrogen) atoms. The van der Waals surface area contributed by atoms with Crippen molar-refractivity contribution in [2.75, 3.05) is 18.4 Å². The maximum Gasteiger partial charge on any atom is 0.410 e. The third-order valence-electron chi connectivity index (χ3n) is 8.22. The third-order valence-corrected chi connectivity index (χ3v) is 8.22. The Hall–Kier alpha value is -4.87. The van der Waals surface area contributed by atoms with Gasteiger partial charge >= 0.3 is 12.2 Å². The summed E-state index contributed by atoms with van der Waals surface area (Å²) in [6, 6.07) is 12.9. The minimum Gasteiger partial charge on any atom is -0.444 e. The fourth-order valence-corrected chi connectivity index (χ4v) is 6.07. The Morgan fingerprint density at radius 2 is 1.47 bits per heavy atom. The summed E-state index contributed by atoms with van der Waals surface area (Å²) in [5.41, 5.74) is 3.02. The number of nitrogens with zero attached hydrogens (tertiary/aromatic N) is 4. The zero-order valence-corrected chi connectivity index (χ0v) is 27.8. The minimum absolute atomic E-state index is 0.156. The summed E-state index contributed by atoms with van der Waals surface area (Å²) in [6.07, 6.45) is 3.93. The number of ether oxygens (including phenoxy) is 2. The molecule has 0 saturated carbocycles. The van der Waals surface area contributed by atoms with E-state index in [-0.39, 0.29) is 18.0 Å². The van der Waals surface area contributed by atoms with Crippen LogP contribution in [0.5, 0.6) is 0 Å². The van der Waals surface area contributed by atoms with E-state index in [1.165, 1.54) is 4.90 Å². The average molecular weight is 643 g/mol. The standard InChI is InChI=1S/C35H42N6O6/c1-34(2,3)45-32(43)40-17-7-9-26(40)30-36-20-25(37-30)22-13-11-21(12-14-22)23-15-16-28-24(19-23)29(39-47-28)38-31(42)27-10-8-18-41(27)33(44)46-35(4,5)6/h11-16,19-20,26-27H,7-10,17-18H2,1-6H3,(H,36,37)(H,38,39,42)/t26-,27?/m0/s1. The first kappa shape index (κ1) is 32.1. The van der Waals surface area contributed by atoms with Crippen molar-refractivity contribution in [1.82, 2.24) is 24.9 Å². The number of hydrogen-bond donors (Lipinski definition) is 2. The van der Waals surface area contributed by atoms with E-state index in [0.29, 0.717) is 42.7 Å². The molecule has 2 fully saturated rings. The second-order valence-electron chi connectivity index (χ2n) is 14.2. The van der Waals surface area contributed by atoms with Crippen LogP contribution in [0.3, 0.4) is 0 Å². The van der Waals surface area contributed by atoms with Gasteiger partial charge in [-0.15, -0.1) is 0 Å². The maximum absolute atomic E-state index is 13.3. The Morgan fingerprint density at radius 1 is 0.851 bits per heavy atom. The fourth-order valence-electron chi connectivity index (χ4n) is 6.07. The fraction of sp³-hybridized carbons (Fsp3) is 0.457. The Kier molecular flexibility index (Phi) is 8.46. The molecule has 2 aromatic carbocycles. The van der Waals surface area contributed by atoms with Crippen molar-refractivity contribution in [3.63, 3.8) is 0 Å². The van der Waals surface area contributed by atoms with Crippen LogP contribution in [0, 0.1) is 0 Å². The van der Waals surface area contributed by atoms with Crippen LogP contribution < -0.4 is 5.32 Å². The van der Waals surface area contributed by atoms with Gasteiger partial charge in [0.1, 0.15) is 23.1 Å². The molecule has 1 unspecified atom stereocenters. The number of aromatic nitrogens is 3. The predicted octanol–water partition coefficient (Wildman–Crippen LogP) is 7.29. The second kappa shape index (κ2) is 12.4. The number of H-pyrrole nitrogens is 1. The van der Waals surface area contributed by atoms with Crippen molar-refractivity contribution in [3.05, 3.63) is 54.5 Å². The SMILES string of the molecule is CC(C)(C)OC(=O)N1CCCC1C(=O)Nc1noc2ccc(-c3ccc(-c4cnc([C@@H]5CCCN5C(=O)OC(C)(C)C)[nH]4)cc3)cc12. The first-order valence-electron chi connectivity index (χ1n) is 16.1. The number of benzene rings is 2. The number of aromatic amines is 1. The molecule has 6 rings (SSSR count). The van der Waals surface area contributed by atoms with Gasteiger partial charge in [-0.25, -0.2) is 14.6 Å². The molecule has 0 bridgehead atoms.